The number of carbonyl (C=O) groups is 1. The second kappa shape index (κ2) is 6.75. The third-order valence-corrected chi connectivity index (χ3v) is 3.08. The van der Waals surface area contributed by atoms with Crippen molar-refractivity contribution in [2.45, 2.75) is 32.7 Å². The first-order chi connectivity index (χ1) is 8.18. The zero-order chi connectivity index (χ0) is 12.3. The molecule has 2 heterocycles. The maximum absolute atomic E-state index is 12.0. The lowest BCUT2D eigenvalue weighted by Gasteiger charge is -2.22. The average molecular weight is 273 g/mol. The monoisotopic (exact) mass is 272 g/mol. The van der Waals surface area contributed by atoms with Gasteiger partial charge in [-0.05, 0) is 33.2 Å². The summed E-state index contributed by atoms with van der Waals surface area (Å²) in [5.41, 5.74) is 0. The number of nitrogens with one attached hydrogen (secondary N) is 2. The molecule has 1 aromatic heterocycles. The number of amides is 1. The first kappa shape index (κ1) is 15.0. The molecule has 1 aliphatic heterocycles. The highest BCUT2D eigenvalue weighted by Crippen LogP contribution is 2.16. The van der Waals surface area contributed by atoms with Gasteiger partial charge in [0, 0.05) is 18.7 Å². The van der Waals surface area contributed by atoms with Gasteiger partial charge in [0.05, 0.1) is 12.1 Å². The Morgan fingerprint density at radius 2 is 2.39 bits per heavy atom. The fraction of sp³-hybridized carbons (Fsp3) is 0.667. The van der Waals surface area contributed by atoms with E-state index in [9.17, 15) is 4.79 Å². The molecular weight excluding hydrogens is 252 g/mol. The molecule has 0 spiro atoms. The molecule has 18 heavy (non-hydrogen) atoms. The highest BCUT2D eigenvalue weighted by Gasteiger charge is 2.21. The molecule has 2 N–H and O–H groups in total. The van der Waals surface area contributed by atoms with E-state index in [1.54, 1.807) is 6.20 Å². The van der Waals surface area contributed by atoms with Crippen molar-refractivity contribution in [3.63, 3.8) is 0 Å². The van der Waals surface area contributed by atoms with Gasteiger partial charge in [0.2, 0.25) is 5.91 Å². The third kappa shape index (κ3) is 3.46. The Bertz CT molecular complexity index is 385. The number of anilines is 1. The smallest absolute Gasteiger partial charge is 0.229 e. The molecule has 0 aromatic carbocycles. The van der Waals surface area contributed by atoms with Crippen molar-refractivity contribution in [3.8, 4) is 0 Å². The lowest BCUT2D eigenvalue weighted by Crippen LogP contribution is -2.37. The van der Waals surface area contributed by atoms with E-state index in [-0.39, 0.29) is 30.3 Å². The topological polar surface area (TPSA) is 59.0 Å². The maximum Gasteiger partial charge on any atom is 0.229 e. The molecule has 1 amide bonds. The minimum Gasteiger partial charge on any atom is -0.316 e. The fourth-order valence-electron chi connectivity index (χ4n) is 2.13. The van der Waals surface area contributed by atoms with Crippen molar-refractivity contribution in [1.82, 2.24) is 15.1 Å². The van der Waals surface area contributed by atoms with Crippen molar-refractivity contribution in [2.24, 2.45) is 5.92 Å². The molecule has 1 aromatic rings. The molecule has 0 bridgehead atoms. The van der Waals surface area contributed by atoms with E-state index in [4.69, 9.17) is 0 Å². The highest BCUT2D eigenvalue weighted by atomic mass is 35.5. The number of rotatable bonds is 3. The van der Waals surface area contributed by atoms with Crippen LogP contribution in [0.15, 0.2) is 12.3 Å². The number of carbonyl (C=O) groups excluding carboxylic acids is 1. The first-order valence-corrected chi connectivity index (χ1v) is 6.23. The van der Waals surface area contributed by atoms with Gasteiger partial charge in [0.1, 0.15) is 5.82 Å². The van der Waals surface area contributed by atoms with Crippen molar-refractivity contribution in [1.29, 1.82) is 0 Å². The van der Waals surface area contributed by atoms with E-state index in [0.29, 0.717) is 0 Å². The molecule has 0 unspecified atom stereocenters. The molecule has 0 radical (unpaired) electrons. The summed E-state index contributed by atoms with van der Waals surface area (Å²) in [6, 6.07) is 2.10. The summed E-state index contributed by atoms with van der Waals surface area (Å²) >= 11 is 0. The van der Waals surface area contributed by atoms with Gasteiger partial charge in [-0.25, -0.2) is 4.68 Å². The standard InChI is InChI=1S/C12H20N4O.ClH/c1-9(2)16-11(5-7-14-16)15-12(17)10-4-3-6-13-8-10;/h5,7,9-10,13H,3-4,6,8H2,1-2H3,(H,15,17);1H/t10-;/m1./s1. The van der Waals surface area contributed by atoms with Gasteiger partial charge in [-0.3, -0.25) is 4.79 Å². The molecule has 0 saturated carbocycles. The number of piperidine rings is 1. The van der Waals surface area contributed by atoms with Gasteiger partial charge < -0.3 is 10.6 Å². The van der Waals surface area contributed by atoms with E-state index in [2.05, 4.69) is 15.7 Å². The summed E-state index contributed by atoms with van der Waals surface area (Å²) in [5.74, 6) is 0.967. The van der Waals surface area contributed by atoms with Crippen molar-refractivity contribution in [3.05, 3.63) is 12.3 Å². The van der Waals surface area contributed by atoms with Crippen LogP contribution in [-0.4, -0.2) is 28.8 Å². The lowest BCUT2D eigenvalue weighted by atomic mass is 9.99. The van der Waals surface area contributed by atoms with Crippen LogP contribution in [0.25, 0.3) is 0 Å². The summed E-state index contributed by atoms with van der Waals surface area (Å²) in [4.78, 5) is 12.0. The summed E-state index contributed by atoms with van der Waals surface area (Å²) < 4.78 is 1.83. The van der Waals surface area contributed by atoms with Crippen molar-refractivity contribution >= 4 is 24.1 Å². The van der Waals surface area contributed by atoms with E-state index in [0.717, 1.165) is 31.7 Å². The minimum absolute atomic E-state index is 0. The average Bonchev–Trinajstić information content (AvgIpc) is 2.78. The molecule has 1 atom stereocenters. The van der Waals surface area contributed by atoms with E-state index >= 15 is 0 Å². The van der Waals surface area contributed by atoms with Gasteiger partial charge in [-0.2, -0.15) is 5.10 Å². The van der Waals surface area contributed by atoms with Crippen LogP contribution in [-0.2, 0) is 4.79 Å². The summed E-state index contributed by atoms with van der Waals surface area (Å²) in [6.07, 6.45) is 3.75. The zero-order valence-electron chi connectivity index (χ0n) is 10.8. The second-order valence-corrected chi connectivity index (χ2v) is 4.79. The van der Waals surface area contributed by atoms with Crippen LogP contribution in [0, 0.1) is 5.92 Å². The number of nitrogens with zero attached hydrogens (tertiary/aromatic N) is 2. The Labute approximate surface area is 114 Å². The van der Waals surface area contributed by atoms with Gasteiger partial charge in [-0.15, -0.1) is 12.4 Å². The molecule has 102 valence electrons. The number of hydrogen-bond acceptors (Lipinski definition) is 3. The molecule has 5 nitrogen and oxygen atoms in total. The largest absolute Gasteiger partial charge is 0.316 e. The number of aromatic nitrogens is 2. The van der Waals surface area contributed by atoms with E-state index in [1.165, 1.54) is 0 Å². The summed E-state index contributed by atoms with van der Waals surface area (Å²) in [6.45, 7) is 5.89. The molecule has 1 saturated heterocycles. The van der Waals surface area contributed by atoms with Gasteiger partial charge >= 0.3 is 0 Å². The third-order valence-electron chi connectivity index (χ3n) is 3.08. The highest BCUT2D eigenvalue weighted by molar-refractivity contribution is 5.92. The Balaban J connectivity index is 0.00000162. The molecule has 1 fully saturated rings. The molecule has 0 aliphatic carbocycles. The number of hydrogen-bond donors (Lipinski definition) is 2. The second-order valence-electron chi connectivity index (χ2n) is 4.79. The van der Waals surface area contributed by atoms with Crippen molar-refractivity contribution < 1.29 is 4.79 Å². The quantitative estimate of drug-likeness (QED) is 0.883. The van der Waals surface area contributed by atoms with Crippen molar-refractivity contribution in [2.75, 3.05) is 18.4 Å². The van der Waals surface area contributed by atoms with Crippen LogP contribution < -0.4 is 10.6 Å². The van der Waals surface area contributed by atoms with Crippen LogP contribution in [0.3, 0.4) is 0 Å². The van der Waals surface area contributed by atoms with Gasteiger partial charge in [0.15, 0.2) is 0 Å². The Morgan fingerprint density at radius 3 is 3.00 bits per heavy atom. The van der Waals surface area contributed by atoms with Gasteiger partial charge in [0.25, 0.3) is 0 Å². The zero-order valence-corrected chi connectivity index (χ0v) is 11.7. The SMILES string of the molecule is CC(C)n1nccc1NC(=O)[C@@H]1CCCNC1.Cl. The lowest BCUT2D eigenvalue weighted by molar-refractivity contribution is -0.120. The van der Waals surface area contributed by atoms with Crippen LogP contribution in [0.1, 0.15) is 32.7 Å². The predicted octanol–water partition coefficient (Wildman–Crippen LogP) is 1.82. The summed E-state index contributed by atoms with van der Waals surface area (Å²) in [5, 5.41) is 10.4. The van der Waals surface area contributed by atoms with Crippen LogP contribution in [0.5, 0.6) is 0 Å². The van der Waals surface area contributed by atoms with E-state index < -0.39 is 0 Å². The molecular formula is C12H21ClN4O. The van der Waals surface area contributed by atoms with E-state index in [1.807, 2.05) is 24.6 Å². The van der Waals surface area contributed by atoms with Crippen LogP contribution >= 0.6 is 12.4 Å². The molecule has 2 rings (SSSR count). The number of halogens is 1. The maximum atomic E-state index is 12.0. The predicted molar refractivity (Wildman–Crippen MR) is 74.1 cm³/mol. The normalized spacial score (nSPS) is 19.4. The minimum atomic E-state index is 0. The fourth-order valence-corrected chi connectivity index (χ4v) is 2.13. The Kier molecular flexibility index (Phi) is 5.62. The Hall–Kier alpha value is -1.07. The Morgan fingerprint density at radius 1 is 1.61 bits per heavy atom. The summed E-state index contributed by atoms with van der Waals surface area (Å²) in [7, 11) is 0. The van der Waals surface area contributed by atoms with Crippen LogP contribution in [0.2, 0.25) is 0 Å². The first-order valence-electron chi connectivity index (χ1n) is 6.23. The van der Waals surface area contributed by atoms with Crippen LogP contribution in [0.4, 0.5) is 5.82 Å². The van der Waals surface area contributed by atoms with Gasteiger partial charge in [-0.1, -0.05) is 0 Å². The molecule has 6 heteroatoms. The molecule has 1 aliphatic rings.